The van der Waals surface area contributed by atoms with E-state index in [9.17, 15) is 9.59 Å². The van der Waals surface area contributed by atoms with Crippen LogP contribution >= 0.6 is 11.8 Å². The summed E-state index contributed by atoms with van der Waals surface area (Å²) in [5.41, 5.74) is 2.01. The van der Waals surface area contributed by atoms with Crippen LogP contribution in [-0.2, 0) is 9.53 Å². The molecule has 2 aliphatic rings. The Labute approximate surface area is 121 Å². The highest BCUT2D eigenvalue weighted by atomic mass is 32.2. The number of carbonyl (C=O) groups is 2. The van der Waals surface area contributed by atoms with Gasteiger partial charge in [-0.1, -0.05) is 18.2 Å². The predicted octanol–water partition coefficient (Wildman–Crippen LogP) is 1.85. The maximum Gasteiger partial charge on any atom is 0.290 e. The lowest BCUT2D eigenvalue weighted by Gasteiger charge is -2.30. The standard InChI is InChI=1S/C14H14N2O3S/c17-13-12(20-14(18)15-13)9-10-3-1-2-4-11(10)16-5-7-19-8-6-16/h1-4,9H,5-8H2,(H,15,17,18). The second-order valence-electron chi connectivity index (χ2n) is 4.51. The zero-order valence-corrected chi connectivity index (χ0v) is 11.6. The second kappa shape index (κ2) is 5.68. The molecule has 2 amide bonds. The average molecular weight is 290 g/mol. The van der Waals surface area contributed by atoms with Crippen LogP contribution in [0.4, 0.5) is 10.5 Å². The van der Waals surface area contributed by atoms with Crippen molar-refractivity contribution in [2.45, 2.75) is 0 Å². The van der Waals surface area contributed by atoms with Crippen molar-refractivity contribution >= 4 is 34.7 Å². The van der Waals surface area contributed by atoms with Gasteiger partial charge in [-0.25, -0.2) is 0 Å². The predicted molar refractivity (Wildman–Crippen MR) is 78.6 cm³/mol. The normalized spacial score (nSPS) is 21.4. The van der Waals surface area contributed by atoms with Gasteiger partial charge in [0.15, 0.2) is 0 Å². The monoisotopic (exact) mass is 290 g/mol. The fraction of sp³-hybridized carbons (Fsp3) is 0.286. The second-order valence-corrected chi connectivity index (χ2v) is 5.53. The molecule has 2 heterocycles. The number of para-hydroxylation sites is 1. The zero-order chi connectivity index (χ0) is 13.9. The molecule has 0 aliphatic carbocycles. The van der Waals surface area contributed by atoms with Gasteiger partial charge in [-0.15, -0.1) is 0 Å². The lowest BCUT2D eigenvalue weighted by Crippen LogP contribution is -2.36. The van der Waals surface area contributed by atoms with Gasteiger partial charge in [0.05, 0.1) is 18.1 Å². The third-order valence-electron chi connectivity index (χ3n) is 3.22. The van der Waals surface area contributed by atoms with Crippen molar-refractivity contribution in [1.82, 2.24) is 5.32 Å². The third kappa shape index (κ3) is 2.71. The van der Waals surface area contributed by atoms with Gasteiger partial charge < -0.3 is 9.64 Å². The van der Waals surface area contributed by atoms with E-state index in [-0.39, 0.29) is 11.1 Å². The van der Waals surface area contributed by atoms with Crippen LogP contribution in [0.25, 0.3) is 6.08 Å². The van der Waals surface area contributed by atoms with Crippen molar-refractivity contribution in [2.75, 3.05) is 31.2 Å². The first kappa shape index (κ1) is 13.2. The number of imide groups is 1. The first-order valence-corrected chi connectivity index (χ1v) is 7.22. The molecule has 5 nitrogen and oxygen atoms in total. The minimum Gasteiger partial charge on any atom is -0.378 e. The first-order chi connectivity index (χ1) is 9.74. The van der Waals surface area contributed by atoms with Crippen molar-refractivity contribution in [3.63, 3.8) is 0 Å². The molecular weight excluding hydrogens is 276 g/mol. The number of ether oxygens (including phenoxy) is 1. The lowest BCUT2D eigenvalue weighted by molar-refractivity contribution is -0.115. The van der Waals surface area contributed by atoms with Crippen molar-refractivity contribution in [3.05, 3.63) is 34.7 Å². The molecule has 0 bridgehead atoms. The molecule has 0 unspecified atom stereocenters. The Bertz CT molecular complexity index is 580. The molecule has 2 saturated heterocycles. The molecule has 104 valence electrons. The lowest BCUT2D eigenvalue weighted by atomic mass is 10.1. The molecule has 0 radical (unpaired) electrons. The molecule has 0 atom stereocenters. The van der Waals surface area contributed by atoms with Crippen LogP contribution in [0.2, 0.25) is 0 Å². The summed E-state index contributed by atoms with van der Waals surface area (Å²) in [6.45, 7) is 3.08. The number of anilines is 1. The number of benzene rings is 1. The third-order valence-corrected chi connectivity index (χ3v) is 4.03. The van der Waals surface area contributed by atoms with Crippen LogP contribution in [0.1, 0.15) is 5.56 Å². The number of morpholine rings is 1. The summed E-state index contributed by atoms with van der Waals surface area (Å²) in [7, 11) is 0. The van der Waals surface area contributed by atoms with Crippen LogP contribution in [0.15, 0.2) is 29.2 Å². The molecule has 0 saturated carbocycles. The highest BCUT2D eigenvalue weighted by Crippen LogP contribution is 2.29. The van der Waals surface area contributed by atoms with Crippen molar-refractivity contribution < 1.29 is 14.3 Å². The average Bonchev–Trinajstić information content (AvgIpc) is 2.78. The molecule has 3 rings (SSSR count). The quantitative estimate of drug-likeness (QED) is 0.842. The Balaban J connectivity index is 1.91. The first-order valence-electron chi connectivity index (χ1n) is 6.40. The van der Waals surface area contributed by atoms with Crippen LogP contribution in [0.3, 0.4) is 0 Å². The number of carbonyl (C=O) groups excluding carboxylic acids is 2. The van der Waals surface area contributed by atoms with Gasteiger partial charge in [0.2, 0.25) is 0 Å². The minimum atomic E-state index is -0.322. The molecule has 0 aromatic heterocycles. The SMILES string of the molecule is O=C1NC(=O)C(=Cc2ccccc2N2CCOCC2)S1. The minimum absolute atomic E-state index is 0.315. The van der Waals surface area contributed by atoms with E-state index in [4.69, 9.17) is 4.74 Å². The Hall–Kier alpha value is -1.79. The summed E-state index contributed by atoms with van der Waals surface area (Å²) in [5.74, 6) is -0.322. The van der Waals surface area contributed by atoms with E-state index in [1.54, 1.807) is 6.08 Å². The highest BCUT2D eigenvalue weighted by molar-refractivity contribution is 8.18. The topological polar surface area (TPSA) is 58.6 Å². The number of rotatable bonds is 2. The summed E-state index contributed by atoms with van der Waals surface area (Å²) in [5, 5.41) is 1.95. The van der Waals surface area contributed by atoms with Gasteiger partial charge in [-0.2, -0.15) is 0 Å². The number of hydrogen-bond acceptors (Lipinski definition) is 5. The molecule has 20 heavy (non-hydrogen) atoms. The van der Waals surface area contributed by atoms with Gasteiger partial charge in [-0.05, 0) is 29.5 Å². The van der Waals surface area contributed by atoms with Gasteiger partial charge in [-0.3, -0.25) is 14.9 Å². The Kier molecular flexibility index (Phi) is 3.75. The molecule has 1 aromatic rings. The van der Waals surface area contributed by atoms with E-state index in [0.29, 0.717) is 18.1 Å². The number of nitrogens with zero attached hydrogens (tertiary/aromatic N) is 1. The smallest absolute Gasteiger partial charge is 0.290 e. The van der Waals surface area contributed by atoms with Crippen molar-refractivity contribution in [2.24, 2.45) is 0 Å². The van der Waals surface area contributed by atoms with Crippen LogP contribution in [0.5, 0.6) is 0 Å². The van der Waals surface area contributed by atoms with Crippen molar-refractivity contribution in [3.8, 4) is 0 Å². The summed E-state index contributed by atoms with van der Waals surface area (Å²) in [4.78, 5) is 25.5. The molecule has 2 fully saturated rings. The molecular formula is C14H14N2O3S. The van der Waals surface area contributed by atoms with E-state index in [1.165, 1.54) is 0 Å². The molecule has 1 aromatic carbocycles. The van der Waals surface area contributed by atoms with Crippen LogP contribution in [0, 0.1) is 0 Å². The van der Waals surface area contributed by atoms with E-state index in [1.807, 2.05) is 24.3 Å². The zero-order valence-electron chi connectivity index (χ0n) is 10.8. The van der Waals surface area contributed by atoms with E-state index >= 15 is 0 Å². The highest BCUT2D eigenvalue weighted by Gasteiger charge is 2.25. The van der Waals surface area contributed by atoms with Crippen LogP contribution in [-0.4, -0.2) is 37.4 Å². The molecule has 6 heteroatoms. The van der Waals surface area contributed by atoms with Gasteiger partial charge >= 0.3 is 0 Å². The van der Waals surface area contributed by atoms with E-state index in [0.717, 1.165) is 36.1 Å². The molecule has 0 spiro atoms. The number of nitrogens with one attached hydrogen (secondary N) is 1. The fourth-order valence-corrected chi connectivity index (χ4v) is 2.94. The molecule has 1 N–H and O–H groups in total. The summed E-state index contributed by atoms with van der Waals surface area (Å²) in [6, 6.07) is 7.88. The largest absolute Gasteiger partial charge is 0.378 e. The molecule has 2 aliphatic heterocycles. The summed E-state index contributed by atoms with van der Waals surface area (Å²) in [6.07, 6.45) is 1.77. The fourth-order valence-electron chi connectivity index (χ4n) is 2.26. The number of thioether (sulfide) groups is 1. The maximum atomic E-state index is 11.6. The Morgan fingerprint density at radius 2 is 1.95 bits per heavy atom. The Morgan fingerprint density at radius 3 is 2.65 bits per heavy atom. The summed E-state index contributed by atoms with van der Waals surface area (Å²) >= 11 is 0.942. The number of amides is 2. The van der Waals surface area contributed by atoms with E-state index < -0.39 is 0 Å². The van der Waals surface area contributed by atoms with Crippen molar-refractivity contribution in [1.29, 1.82) is 0 Å². The van der Waals surface area contributed by atoms with Gasteiger partial charge in [0, 0.05) is 18.8 Å². The summed E-state index contributed by atoms with van der Waals surface area (Å²) < 4.78 is 5.36. The maximum absolute atomic E-state index is 11.6. The number of hydrogen-bond donors (Lipinski definition) is 1. The Morgan fingerprint density at radius 1 is 1.20 bits per heavy atom. The van der Waals surface area contributed by atoms with E-state index in [2.05, 4.69) is 10.2 Å². The van der Waals surface area contributed by atoms with Crippen LogP contribution < -0.4 is 10.2 Å². The van der Waals surface area contributed by atoms with Gasteiger partial charge in [0.1, 0.15) is 0 Å². The van der Waals surface area contributed by atoms with Gasteiger partial charge in [0.25, 0.3) is 11.1 Å².